The quantitative estimate of drug-likeness (QED) is 0.501. The molecule has 12 heavy (non-hydrogen) atoms. The van der Waals surface area contributed by atoms with Crippen molar-refractivity contribution in [3.05, 3.63) is 0 Å². The molecular formula is C7H15N3O2. The first-order chi connectivity index (χ1) is 5.25. The third-order valence-electron chi connectivity index (χ3n) is 1.46. The standard InChI is InChI=1S/C7H15N3O2/c1-7(2,3)4(8)5(11)10-6(9)12/h4H,8H2,1-3H3,(H3,9,10,11,12)/t4-/m0/s1. The predicted octanol–water partition coefficient (Wildman–Crippen LogP) is -0.445. The number of hydrogen-bond donors (Lipinski definition) is 3. The van der Waals surface area contributed by atoms with Crippen LogP contribution in [-0.4, -0.2) is 18.0 Å². The number of nitrogens with two attached hydrogens (primary N) is 2. The van der Waals surface area contributed by atoms with Gasteiger partial charge >= 0.3 is 6.03 Å². The molecule has 0 unspecified atom stereocenters. The zero-order valence-electron chi connectivity index (χ0n) is 7.55. The van der Waals surface area contributed by atoms with E-state index in [0.29, 0.717) is 0 Å². The van der Waals surface area contributed by atoms with Gasteiger partial charge in [0.25, 0.3) is 0 Å². The summed E-state index contributed by atoms with van der Waals surface area (Å²) in [6.07, 6.45) is 0. The molecule has 0 saturated carbocycles. The van der Waals surface area contributed by atoms with E-state index in [0.717, 1.165) is 0 Å². The molecule has 0 aromatic rings. The lowest BCUT2D eigenvalue weighted by Gasteiger charge is -2.24. The largest absolute Gasteiger partial charge is 0.351 e. The molecule has 70 valence electrons. The van der Waals surface area contributed by atoms with Crippen LogP contribution in [0.25, 0.3) is 0 Å². The van der Waals surface area contributed by atoms with Crippen LogP contribution in [0.15, 0.2) is 0 Å². The van der Waals surface area contributed by atoms with Crippen LogP contribution in [-0.2, 0) is 4.79 Å². The highest BCUT2D eigenvalue weighted by molar-refractivity contribution is 5.96. The van der Waals surface area contributed by atoms with Crippen molar-refractivity contribution >= 4 is 11.9 Å². The Morgan fingerprint density at radius 1 is 1.33 bits per heavy atom. The Hall–Kier alpha value is -1.10. The minimum Gasteiger partial charge on any atom is -0.351 e. The maximum absolute atomic E-state index is 11.1. The van der Waals surface area contributed by atoms with Crippen molar-refractivity contribution in [3.8, 4) is 0 Å². The minimum atomic E-state index is -0.875. The van der Waals surface area contributed by atoms with Gasteiger partial charge in [-0.1, -0.05) is 20.8 Å². The summed E-state index contributed by atoms with van der Waals surface area (Å²) in [4.78, 5) is 21.3. The molecule has 0 aromatic carbocycles. The molecule has 5 N–H and O–H groups in total. The first-order valence-corrected chi connectivity index (χ1v) is 3.61. The predicted molar refractivity (Wildman–Crippen MR) is 45.2 cm³/mol. The van der Waals surface area contributed by atoms with Gasteiger partial charge in [-0.3, -0.25) is 10.1 Å². The first-order valence-electron chi connectivity index (χ1n) is 3.61. The Morgan fingerprint density at radius 3 is 2.00 bits per heavy atom. The normalized spacial score (nSPS) is 13.7. The Labute approximate surface area is 71.5 Å². The number of hydrogen-bond acceptors (Lipinski definition) is 3. The molecule has 0 fully saturated rings. The van der Waals surface area contributed by atoms with Crippen LogP contribution in [0.4, 0.5) is 4.79 Å². The average Bonchev–Trinajstić information content (AvgIpc) is 1.82. The minimum absolute atomic E-state index is 0.375. The van der Waals surface area contributed by atoms with Gasteiger partial charge in [0, 0.05) is 0 Å². The molecule has 5 heteroatoms. The molecule has 1 atom stereocenters. The van der Waals surface area contributed by atoms with E-state index >= 15 is 0 Å². The van der Waals surface area contributed by atoms with Gasteiger partial charge in [0.15, 0.2) is 0 Å². The summed E-state index contributed by atoms with van der Waals surface area (Å²) in [5.74, 6) is -0.546. The number of primary amides is 1. The maximum Gasteiger partial charge on any atom is 0.318 e. The molecule has 5 nitrogen and oxygen atoms in total. The van der Waals surface area contributed by atoms with Gasteiger partial charge in [0.1, 0.15) is 0 Å². The molecule has 0 aliphatic rings. The zero-order valence-corrected chi connectivity index (χ0v) is 7.55. The second-order valence-electron chi connectivity index (χ2n) is 3.70. The number of carbonyl (C=O) groups excluding carboxylic acids is 2. The third-order valence-corrected chi connectivity index (χ3v) is 1.46. The highest BCUT2D eigenvalue weighted by Crippen LogP contribution is 2.16. The van der Waals surface area contributed by atoms with Gasteiger partial charge in [0.05, 0.1) is 6.04 Å². The van der Waals surface area contributed by atoms with Crippen LogP contribution in [0.2, 0.25) is 0 Å². The third kappa shape index (κ3) is 3.34. The van der Waals surface area contributed by atoms with E-state index in [-0.39, 0.29) is 5.41 Å². The van der Waals surface area contributed by atoms with E-state index in [4.69, 9.17) is 11.5 Å². The summed E-state index contributed by atoms with van der Waals surface area (Å²) in [6, 6.07) is -1.61. The maximum atomic E-state index is 11.1. The number of imide groups is 1. The van der Waals surface area contributed by atoms with Gasteiger partial charge < -0.3 is 11.5 Å². The fraction of sp³-hybridized carbons (Fsp3) is 0.714. The van der Waals surface area contributed by atoms with Crippen LogP contribution in [0.3, 0.4) is 0 Å². The van der Waals surface area contributed by atoms with E-state index in [2.05, 4.69) is 0 Å². The lowest BCUT2D eigenvalue weighted by atomic mass is 9.87. The lowest BCUT2D eigenvalue weighted by molar-refractivity contribution is -0.123. The van der Waals surface area contributed by atoms with Crippen LogP contribution >= 0.6 is 0 Å². The molecule has 0 saturated heterocycles. The lowest BCUT2D eigenvalue weighted by Crippen LogP contribution is -2.51. The first kappa shape index (κ1) is 10.9. The molecule has 0 bridgehead atoms. The average molecular weight is 173 g/mol. The van der Waals surface area contributed by atoms with Crippen LogP contribution in [0.5, 0.6) is 0 Å². The van der Waals surface area contributed by atoms with Crippen LogP contribution in [0.1, 0.15) is 20.8 Å². The summed E-state index contributed by atoms with van der Waals surface area (Å²) >= 11 is 0. The van der Waals surface area contributed by atoms with Crippen molar-refractivity contribution in [2.45, 2.75) is 26.8 Å². The molecule has 0 aliphatic carbocycles. The molecule has 3 amide bonds. The summed E-state index contributed by atoms with van der Waals surface area (Å²) in [5, 5.41) is 1.92. The Bertz CT molecular complexity index is 195. The summed E-state index contributed by atoms with van der Waals surface area (Å²) < 4.78 is 0. The summed E-state index contributed by atoms with van der Waals surface area (Å²) in [6.45, 7) is 5.41. The van der Waals surface area contributed by atoms with Crippen LogP contribution < -0.4 is 16.8 Å². The van der Waals surface area contributed by atoms with Gasteiger partial charge in [-0.2, -0.15) is 0 Å². The van der Waals surface area contributed by atoms with Crippen molar-refractivity contribution in [1.29, 1.82) is 0 Å². The van der Waals surface area contributed by atoms with Crippen molar-refractivity contribution < 1.29 is 9.59 Å². The zero-order chi connectivity index (χ0) is 9.94. The Kier molecular flexibility index (Phi) is 3.21. The van der Waals surface area contributed by atoms with Gasteiger partial charge in [-0.05, 0) is 5.41 Å². The fourth-order valence-corrected chi connectivity index (χ4v) is 0.592. The second-order valence-corrected chi connectivity index (χ2v) is 3.70. The number of amides is 3. The number of nitrogens with one attached hydrogen (secondary N) is 1. The van der Waals surface area contributed by atoms with Crippen molar-refractivity contribution in [2.75, 3.05) is 0 Å². The van der Waals surface area contributed by atoms with Crippen molar-refractivity contribution in [3.63, 3.8) is 0 Å². The molecule has 0 aliphatic heterocycles. The molecular weight excluding hydrogens is 158 g/mol. The highest BCUT2D eigenvalue weighted by atomic mass is 16.2. The topological polar surface area (TPSA) is 98.2 Å². The fourth-order valence-electron chi connectivity index (χ4n) is 0.592. The van der Waals surface area contributed by atoms with Gasteiger partial charge in [-0.15, -0.1) is 0 Å². The van der Waals surface area contributed by atoms with E-state index in [9.17, 15) is 9.59 Å². The summed E-state index contributed by atoms with van der Waals surface area (Å²) in [5.41, 5.74) is 9.90. The molecule has 0 aromatic heterocycles. The molecule has 0 spiro atoms. The Morgan fingerprint density at radius 2 is 1.75 bits per heavy atom. The highest BCUT2D eigenvalue weighted by Gasteiger charge is 2.27. The number of carbonyl (C=O) groups is 2. The molecule has 0 radical (unpaired) electrons. The number of rotatable bonds is 1. The SMILES string of the molecule is CC(C)(C)[C@@H](N)C(=O)NC(N)=O. The van der Waals surface area contributed by atoms with E-state index in [1.54, 1.807) is 20.8 Å². The molecule has 0 heterocycles. The number of urea groups is 1. The van der Waals surface area contributed by atoms with E-state index in [1.165, 1.54) is 0 Å². The Balaban J connectivity index is 4.21. The van der Waals surface area contributed by atoms with Gasteiger partial charge in [-0.25, -0.2) is 4.79 Å². The van der Waals surface area contributed by atoms with Crippen molar-refractivity contribution in [2.24, 2.45) is 16.9 Å². The smallest absolute Gasteiger partial charge is 0.318 e. The second kappa shape index (κ2) is 3.53. The van der Waals surface area contributed by atoms with E-state index in [1.807, 2.05) is 5.32 Å². The van der Waals surface area contributed by atoms with Gasteiger partial charge in [0.2, 0.25) is 5.91 Å². The van der Waals surface area contributed by atoms with Crippen molar-refractivity contribution in [1.82, 2.24) is 5.32 Å². The van der Waals surface area contributed by atoms with Crippen LogP contribution in [0, 0.1) is 5.41 Å². The summed E-state index contributed by atoms with van der Waals surface area (Å²) in [7, 11) is 0. The van der Waals surface area contributed by atoms with E-state index < -0.39 is 18.0 Å². The molecule has 0 rings (SSSR count). The monoisotopic (exact) mass is 173 g/mol.